The number of amides is 1. The van der Waals surface area contributed by atoms with Crippen molar-refractivity contribution in [2.24, 2.45) is 0 Å². The summed E-state index contributed by atoms with van der Waals surface area (Å²) < 4.78 is 4.89. The fourth-order valence-corrected chi connectivity index (χ4v) is 2.59. The van der Waals surface area contributed by atoms with Crippen molar-refractivity contribution in [3.63, 3.8) is 0 Å². The molecular weight excluding hydrogens is 335 g/mol. The zero-order valence-corrected chi connectivity index (χ0v) is 13.7. The normalized spacial score (nSPS) is 10.6. The number of nitrogens with one attached hydrogen (secondary N) is 1. The van der Waals surface area contributed by atoms with Crippen molar-refractivity contribution in [3.05, 3.63) is 70.0 Å². The first-order chi connectivity index (χ1) is 11.0. The zero-order valence-electron chi connectivity index (χ0n) is 12.1. The highest BCUT2D eigenvalue weighted by molar-refractivity contribution is 6.34. The van der Waals surface area contributed by atoms with Crippen molar-refractivity contribution >= 4 is 34.8 Å². The molecule has 2 aromatic carbocycles. The quantitative estimate of drug-likeness (QED) is 0.708. The van der Waals surface area contributed by atoms with Gasteiger partial charge in [-0.25, -0.2) is 0 Å². The fraction of sp³-hybridized carbons (Fsp3) is 0.0588. The third kappa shape index (κ3) is 3.38. The van der Waals surface area contributed by atoms with Crippen LogP contribution in [0.5, 0.6) is 0 Å². The first-order valence-electron chi connectivity index (χ1n) is 6.83. The number of halogens is 2. The van der Waals surface area contributed by atoms with E-state index in [2.05, 4.69) is 10.5 Å². The Labute approximate surface area is 143 Å². The van der Waals surface area contributed by atoms with Crippen molar-refractivity contribution in [2.45, 2.75) is 6.92 Å². The molecule has 0 fully saturated rings. The van der Waals surface area contributed by atoms with Gasteiger partial charge in [0, 0.05) is 5.02 Å². The summed E-state index contributed by atoms with van der Waals surface area (Å²) in [5.74, 6) is 0.135. The Balaban J connectivity index is 1.85. The zero-order chi connectivity index (χ0) is 16.4. The molecule has 0 aliphatic heterocycles. The molecule has 0 saturated heterocycles. The molecule has 0 spiro atoms. The first kappa shape index (κ1) is 15.6. The van der Waals surface area contributed by atoms with E-state index >= 15 is 0 Å². The summed E-state index contributed by atoms with van der Waals surface area (Å²) in [5.41, 5.74) is 2.76. The largest absolute Gasteiger partial charge is 0.361 e. The van der Waals surface area contributed by atoms with E-state index in [-0.39, 0.29) is 5.91 Å². The SMILES string of the molecule is Cc1oncc1C(=O)Nc1ccc(-c2cccc(Cl)c2)cc1Cl. The molecule has 0 aliphatic carbocycles. The highest BCUT2D eigenvalue weighted by Crippen LogP contribution is 2.30. The number of nitrogens with zero attached hydrogens (tertiary/aromatic N) is 1. The van der Waals surface area contributed by atoms with E-state index in [0.717, 1.165) is 11.1 Å². The Bertz CT molecular complexity index is 875. The van der Waals surface area contributed by atoms with Crippen LogP contribution in [0.4, 0.5) is 5.69 Å². The molecule has 0 aliphatic rings. The second-order valence-electron chi connectivity index (χ2n) is 4.95. The van der Waals surface area contributed by atoms with Gasteiger partial charge in [0.25, 0.3) is 5.91 Å². The van der Waals surface area contributed by atoms with Crippen LogP contribution in [-0.2, 0) is 0 Å². The van der Waals surface area contributed by atoms with Crippen LogP contribution in [-0.4, -0.2) is 11.1 Å². The molecule has 3 rings (SSSR count). The molecule has 0 bridgehead atoms. The summed E-state index contributed by atoms with van der Waals surface area (Å²) in [4.78, 5) is 12.2. The van der Waals surface area contributed by atoms with Crippen LogP contribution in [0.25, 0.3) is 11.1 Å². The van der Waals surface area contributed by atoms with Gasteiger partial charge in [-0.05, 0) is 42.3 Å². The molecular formula is C17H12Cl2N2O2. The second-order valence-corrected chi connectivity index (χ2v) is 5.80. The molecule has 1 amide bonds. The molecule has 0 atom stereocenters. The minimum atomic E-state index is -0.318. The topological polar surface area (TPSA) is 55.1 Å². The summed E-state index contributed by atoms with van der Waals surface area (Å²) >= 11 is 12.3. The number of hydrogen-bond acceptors (Lipinski definition) is 3. The lowest BCUT2D eigenvalue weighted by molar-refractivity contribution is 0.102. The van der Waals surface area contributed by atoms with E-state index in [1.165, 1.54) is 6.20 Å². The molecule has 6 heteroatoms. The summed E-state index contributed by atoms with van der Waals surface area (Å²) in [5, 5.41) is 7.42. The molecule has 3 aromatic rings. The van der Waals surface area contributed by atoms with Gasteiger partial charge >= 0.3 is 0 Å². The Morgan fingerprint density at radius 1 is 1.13 bits per heavy atom. The van der Waals surface area contributed by atoms with Gasteiger partial charge in [-0.15, -0.1) is 0 Å². The molecule has 1 aromatic heterocycles. The van der Waals surface area contributed by atoms with Crippen LogP contribution in [0.15, 0.2) is 53.2 Å². The number of rotatable bonds is 3. The molecule has 0 unspecified atom stereocenters. The van der Waals surface area contributed by atoms with Crippen molar-refractivity contribution in [1.29, 1.82) is 0 Å². The number of aryl methyl sites for hydroxylation is 1. The van der Waals surface area contributed by atoms with Gasteiger partial charge in [-0.1, -0.05) is 46.6 Å². The highest BCUT2D eigenvalue weighted by atomic mass is 35.5. The van der Waals surface area contributed by atoms with E-state index in [9.17, 15) is 4.79 Å². The maximum atomic E-state index is 12.2. The van der Waals surface area contributed by atoms with Crippen LogP contribution < -0.4 is 5.32 Å². The molecule has 23 heavy (non-hydrogen) atoms. The summed E-state index contributed by atoms with van der Waals surface area (Å²) in [6.07, 6.45) is 1.37. The Morgan fingerprint density at radius 3 is 2.57 bits per heavy atom. The van der Waals surface area contributed by atoms with Gasteiger partial charge in [0.1, 0.15) is 11.3 Å². The molecule has 1 heterocycles. The summed E-state index contributed by atoms with van der Waals surface area (Å²) in [6, 6.07) is 12.9. The number of carbonyl (C=O) groups excluding carboxylic acids is 1. The standard InChI is InChI=1S/C17H12Cl2N2O2/c1-10-14(9-20-23-10)17(22)21-16-6-5-12(8-15(16)19)11-3-2-4-13(18)7-11/h2-9H,1H3,(H,21,22). The van der Waals surface area contributed by atoms with E-state index < -0.39 is 0 Å². The lowest BCUT2D eigenvalue weighted by atomic mass is 10.1. The lowest BCUT2D eigenvalue weighted by Gasteiger charge is -2.09. The predicted molar refractivity (Wildman–Crippen MR) is 91.1 cm³/mol. The number of carbonyl (C=O) groups is 1. The average Bonchev–Trinajstić information content (AvgIpc) is 2.95. The summed E-state index contributed by atoms with van der Waals surface area (Å²) in [7, 11) is 0. The number of benzene rings is 2. The third-order valence-electron chi connectivity index (χ3n) is 3.37. The summed E-state index contributed by atoms with van der Waals surface area (Å²) in [6.45, 7) is 1.67. The Morgan fingerprint density at radius 2 is 1.91 bits per heavy atom. The third-order valence-corrected chi connectivity index (χ3v) is 3.92. The van der Waals surface area contributed by atoms with Crippen LogP contribution in [0.1, 0.15) is 16.1 Å². The van der Waals surface area contributed by atoms with Crippen molar-refractivity contribution in [3.8, 4) is 11.1 Å². The highest BCUT2D eigenvalue weighted by Gasteiger charge is 2.14. The average molecular weight is 347 g/mol. The molecule has 4 nitrogen and oxygen atoms in total. The number of aromatic nitrogens is 1. The van der Waals surface area contributed by atoms with E-state index in [1.54, 1.807) is 19.1 Å². The molecule has 0 radical (unpaired) electrons. The predicted octanol–water partition coefficient (Wildman–Crippen LogP) is 5.21. The van der Waals surface area contributed by atoms with Gasteiger partial charge in [-0.2, -0.15) is 0 Å². The van der Waals surface area contributed by atoms with E-state index in [4.69, 9.17) is 27.7 Å². The fourth-order valence-electron chi connectivity index (χ4n) is 2.17. The van der Waals surface area contributed by atoms with Crippen LogP contribution >= 0.6 is 23.2 Å². The molecule has 116 valence electrons. The van der Waals surface area contributed by atoms with Crippen molar-refractivity contribution < 1.29 is 9.32 Å². The first-order valence-corrected chi connectivity index (χ1v) is 7.58. The van der Waals surface area contributed by atoms with Gasteiger partial charge in [-0.3, -0.25) is 4.79 Å². The van der Waals surface area contributed by atoms with Gasteiger partial charge in [0.2, 0.25) is 0 Å². The van der Waals surface area contributed by atoms with E-state index in [0.29, 0.717) is 27.1 Å². The second kappa shape index (κ2) is 6.44. The maximum absolute atomic E-state index is 12.2. The van der Waals surface area contributed by atoms with Crippen LogP contribution in [0.2, 0.25) is 10.0 Å². The minimum Gasteiger partial charge on any atom is -0.361 e. The molecule has 1 N–H and O–H groups in total. The van der Waals surface area contributed by atoms with Crippen LogP contribution in [0.3, 0.4) is 0 Å². The van der Waals surface area contributed by atoms with Gasteiger partial charge in [0.15, 0.2) is 0 Å². The Kier molecular flexibility index (Phi) is 4.37. The monoisotopic (exact) mass is 346 g/mol. The minimum absolute atomic E-state index is 0.318. The van der Waals surface area contributed by atoms with Crippen LogP contribution in [0, 0.1) is 6.92 Å². The van der Waals surface area contributed by atoms with Crippen molar-refractivity contribution in [1.82, 2.24) is 5.16 Å². The smallest absolute Gasteiger partial charge is 0.260 e. The number of hydrogen-bond donors (Lipinski definition) is 1. The van der Waals surface area contributed by atoms with Gasteiger partial charge in [0.05, 0.1) is 16.9 Å². The Hall–Kier alpha value is -2.30. The van der Waals surface area contributed by atoms with Crippen molar-refractivity contribution in [2.75, 3.05) is 5.32 Å². The molecule has 0 saturated carbocycles. The maximum Gasteiger partial charge on any atom is 0.260 e. The van der Waals surface area contributed by atoms with Gasteiger partial charge < -0.3 is 9.84 Å². The lowest BCUT2D eigenvalue weighted by Crippen LogP contribution is -2.12. The van der Waals surface area contributed by atoms with E-state index in [1.807, 2.05) is 30.3 Å². The number of anilines is 1.